The molecule has 1 N–H and O–H groups in total. The molecule has 0 saturated carbocycles. The first-order valence-electron chi connectivity index (χ1n) is 10.0. The van der Waals surface area contributed by atoms with Gasteiger partial charge < -0.3 is 19.2 Å². The molecule has 5 nitrogen and oxygen atoms in total. The number of carbonyl (C=O) groups is 1. The number of ether oxygens (including phenoxy) is 1. The fourth-order valence-electron chi connectivity index (χ4n) is 4.07. The van der Waals surface area contributed by atoms with E-state index in [1.54, 1.807) is 7.11 Å². The van der Waals surface area contributed by atoms with E-state index >= 15 is 0 Å². The Morgan fingerprint density at radius 2 is 1.79 bits per heavy atom. The van der Waals surface area contributed by atoms with Crippen LogP contribution in [0.15, 0.2) is 54.6 Å². The number of methoxy groups -OCH3 is 1. The maximum Gasteiger partial charge on any atom is 0.272 e. The number of anilines is 1. The molecule has 4 rings (SSSR count). The van der Waals surface area contributed by atoms with E-state index in [2.05, 4.69) is 46.5 Å². The second-order valence-corrected chi connectivity index (χ2v) is 7.66. The minimum atomic E-state index is -0.106. The van der Waals surface area contributed by atoms with Gasteiger partial charge in [0.25, 0.3) is 5.91 Å². The van der Waals surface area contributed by atoms with Crippen molar-refractivity contribution in [2.45, 2.75) is 33.4 Å². The number of aromatic nitrogens is 2. The first-order chi connectivity index (χ1) is 14.0. The molecular weight excluding hydrogens is 362 g/mol. The summed E-state index contributed by atoms with van der Waals surface area (Å²) in [7, 11) is 1.69. The Labute approximate surface area is 170 Å². The molecule has 1 amide bonds. The molecule has 5 heteroatoms. The fraction of sp³-hybridized carbons (Fsp3) is 0.292. The molecule has 150 valence electrons. The molecule has 0 unspecified atom stereocenters. The summed E-state index contributed by atoms with van der Waals surface area (Å²) in [5.74, 6) is -0.106. The Balaban J connectivity index is 1.90. The van der Waals surface area contributed by atoms with Crippen molar-refractivity contribution in [1.82, 2.24) is 9.13 Å². The number of benzene rings is 2. The summed E-state index contributed by atoms with van der Waals surface area (Å²) in [5.41, 5.74) is 5.87. The molecule has 4 aromatic rings. The number of amides is 1. The van der Waals surface area contributed by atoms with Gasteiger partial charge in [-0.25, -0.2) is 0 Å². The van der Waals surface area contributed by atoms with Gasteiger partial charge in [0.2, 0.25) is 0 Å². The Morgan fingerprint density at radius 1 is 1.07 bits per heavy atom. The third-order valence-corrected chi connectivity index (χ3v) is 5.42. The maximum absolute atomic E-state index is 13.3. The molecule has 2 heterocycles. The van der Waals surface area contributed by atoms with Gasteiger partial charge >= 0.3 is 0 Å². The van der Waals surface area contributed by atoms with E-state index in [0.29, 0.717) is 18.8 Å². The Hall–Kier alpha value is -3.05. The van der Waals surface area contributed by atoms with Crippen molar-refractivity contribution in [1.29, 1.82) is 0 Å². The van der Waals surface area contributed by atoms with Gasteiger partial charge in [0.15, 0.2) is 0 Å². The van der Waals surface area contributed by atoms with Crippen molar-refractivity contribution in [3.63, 3.8) is 0 Å². The highest BCUT2D eigenvalue weighted by molar-refractivity contribution is 6.12. The molecule has 0 radical (unpaired) electrons. The van der Waals surface area contributed by atoms with Crippen LogP contribution in [0.25, 0.3) is 21.9 Å². The predicted molar refractivity (Wildman–Crippen MR) is 119 cm³/mol. The number of aryl methyl sites for hydroxylation is 1. The summed E-state index contributed by atoms with van der Waals surface area (Å²) in [6.45, 7) is 7.49. The molecule has 2 aromatic carbocycles. The van der Waals surface area contributed by atoms with Crippen molar-refractivity contribution < 1.29 is 9.53 Å². The van der Waals surface area contributed by atoms with Gasteiger partial charge in [-0.3, -0.25) is 4.79 Å². The largest absolute Gasteiger partial charge is 0.383 e. The van der Waals surface area contributed by atoms with Crippen LogP contribution < -0.4 is 5.32 Å². The van der Waals surface area contributed by atoms with Crippen molar-refractivity contribution in [3.05, 3.63) is 65.9 Å². The average molecular weight is 389 g/mol. The van der Waals surface area contributed by atoms with Crippen LogP contribution in [0.1, 0.15) is 35.9 Å². The van der Waals surface area contributed by atoms with E-state index in [1.165, 1.54) is 5.52 Å². The van der Waals surface area contributed by atoms with Crippen LogP contribution >= 0.6 is 0 Å². The lowest BCUT2D eigenvalue weighted by Gasteiger charge is -2.12. The smallest absolute Gasteiger partial charge is 0.272 e. The van der Waals surface area contributed by atoms with Gasteiger partial charge in [0, 0.05) is 30.8 Å². The topological polar surface area (TPSA) is 48.2 Å². The van der Waals surface area contributed by atoms with Crippen molar-refractivity contribution in [3.8, 4) is 0 Å². The summed E-state index contributed by atoms with van der Waals surface area (Å²) in [5, 5.41) is 4.24. The summed E-state index contributed by atoms with van der Waals surface area (Å²) >= 11 is 0. The van der Waals surface area contributed by atoms with E-state index in [1.807, 2.05) is 43.3 Å². The van der Waals surface area contributed by atoms with E-state index in [4.69, 9.17) is 4.74 Å². The molecule has 0 aliphatic heterocycles. The average Bonchev–Trinajstić information content (AvgIpc) is 3.22. The minimum Gasteiger partial charge on any atom is -0.383 e. The van der Waals surface area contributed by atoms with Crippen molar-refractivity contribution in [2.24, 2.45) is 0 Å². The van der Waals surface area contributed by atoms with Crippen LogP contribution in [-0.2, 0) is 11.3 Å². The molecule has 0 bridgehead atoms. The number of hydrogen-bond donors (Lipinski definition) is 1. The van der Waals surface area contributed by atoms with Gasteiger partial charge in [-0.05, 0) is 44.5 Å². The monoisotopic (exact) mass is 389 g/mol. The number of nitrogens with one attached hydrogen (secondary N) is 1. The Kier molecular flexibility index (Phi) is 5.16. The van der Waals surface area contributed by atoms with E-state index in [9.17, 15) is 4.79 Å². The quantitative estimate of drug-likeness (QED) is 0.481. The highest BCUT2D eigenvalue weighted by Crippen LogP contribution is 2.34. The Bertz CT molecular complexity index is 1180. The zero-order valence-electron chi connectivity index (χ0n) is 17.4. The lowest BCUT2D eigenvalue weighted by molar-refractivity contribution is 0.101. The molecule has 2 aromatic heterocycles. The summed E-state index contributed by atoms with van der Waals surface area (Å²) < 4.78 is 9.74. The first kappa shape index (κ1) is 19.3. The first-order valence-corrected chi connectivity index (χ1v) is 10.0. The molecule has 0 spiro atoms. The lowest BCUT2D eigenvalue weighted by atomic mass is 10.2. The standard InChI is InChI=1S/C24H27N3O2/c1-16(2)27-20-12-8-6-10-18(20)23-21(27)15-22(26(23)13-14-29-4)24(28)25-19-11-7-5-9-17(19)3/h5-12,15-16H,13-14H2,1-4H3,(H,25,28). The highest BCUT2D eigenvalue weighted by Gasteiger charge is 2.22. The summed E-state index contributed by atoms with van der Waals surface area (Å²) in [4.78, 5) is 13.3. The zero-order valence-corrected chi connectivity index (χ0v) is 17.4. The predicted octanol–water partition coefficient (Wildman–Crippen LogP) is 5.38. The Morgan fingerprint density at radius 3 is 2.52 bits per heavy atom. The minimum absolute atomic E-state index is 0.106. The van der Waals surface area contributed by atoms with Gasteiger partial charge in [0.05, 0.1) is 23.2 Å². The normalized spacial score (nSPS) is 11.6. The van der Waals surface area contributed by atoms with Crippen LogP contribution in [0.3, 0.4) is 0 Å². The molecule has 0 fully saturated rings. The van der Waals surface area contributed by atoms with Gasteiger partial charge in [-0.2, -0.15) is 0 Å². The lowest BCUT2D eigenvalue weighted by Crippen LogP contribution is -2.19. The van der Waals surface area contributed by atoms with Crippen molar-refractivity contribution >= 4 is 33.5 Å². The SMILES string of the molecule is COCCn1c(C(=O)Nc2ccccc2C)cc2c1c1ccccc1n2C(C)C. The fourth-order valence-corrected chi connectivity index (χ4v) is 4.07. The van der Waals surface area contributed by atoms with Crippen LogP contribution in [0, 0.1) is 6.92 Å². The number of fused-ring (bicyclic) bond motifs is 3. The van der Waals surface area contributed by atoms with Crippen LogP contribution in [0.4, 0.5) is 5.69 Å². The number of carbonyl (C=O) groups excluding carboxylic acids is 1. The molecule has 29 heavy (non-hydrogen) atoms. The number of nitrogens with zero attached hydrogens (tertiary/aromatic N) is 2. The zero-order chi connectivity index (χ0) is 20.5. The second kappa shape index (κ2) is 7.76. The van der Waals surface area contributed by atoms with E-state index < -0.39 is 0 Å². The molecule has 0 saturated heterocycles. The molecule has 0 aliphatic carbocycles. The second-order valence-electron chi connectivity index (χ2n) is 7.66. The third-order valence-electron chi connectivity index (χ3n) is 5.42. The van der Waals surface area contributed by atoms with Crippen LogP contribution in [0.2, 0.25) is 0 Å². The number of hydrogen-bond acceptors (Lipinski definition) is 2. The summed E-state index contributed by atoms with van der Waals surface area (Å²) in [6, 6.07) is 18.5. The van der Waals surface area contributed by atoms with Gasteiger partial charge in [0.1, 0.15) is 5.69 Å². The van der Waals surface area contributed by atoms with Gasteiger partial charge in [-0.15, -0.1) is 0 Å². The molecule has 0 aliphatic rings. The third kappa shape index (κ3) is 3.32. The van der Waals surface area contributed by atoms with E-state index in [-0.39, 0.29) is 11.9 Å². The molecule has 0 atom stereocenters. The number of para-hydroxylation sites is 2. The molecular formula is C24H27N3O2. The van der Waals surface area contributed by atoms with Crippen LogP contribution in [-0.4, -0.2) is 28.8 Å². The summed E-state index contributed by atoms with van der Waals surface area (Å²) in [6.07, 6.45) is 0. The van der Waals surface area contributed by atoms with Crippen LogP contribution in [0.5, 0.6) is 0 Å². The number of rotatable bonds is 6. The van der Waals surface area contributed by atoms with Gasteiger partial charge in [-0.1, -0.05) is 36.4 Å². The van der Waals surface area contributed by atoms with Crippen molar-refractivity contribution in [2.75, 3.05) is 19.0 Å². The maximum atomic E-state index is 13.3. The van der Waals surface area contributed by atoms with E-state index in [0.717, 1.165) is 27.7 Å². The highest BCUT2D eigenvalue weighted by atomic mass is 16.5.